The second-order valence-electron chi connectivity index (χ2n) is 7.58. The first-order valence-electron chi connectivity index (χ1n) is 10.8. The van der Waals surface area contributed by atoms with Crippen molar-refractivity contribution in [2.75, 3.05) is 0 Å². The van der Waals surface area contributed by atoms with Gasteiger partial charge in [-0.25, -0.2) is 0 Å². The number of para-hydroxylation sites is 1. The third kappa shape index (κ3) is 11.4. The van der Waals surface area contributed by atoms with Crippen LogP contribution in [-0.2, 0) is 4.74 Å². The topological polar surface area (TPSA) is 58.9 Å². The molecule has 0 aromatic heterocycles. The van der Waals surface area contributed by atoms with E-state index in [9.17, 15) is 10.2 Å². The summed E-state index contributed by atoms with van der Waals surface area (Å²) in [5.41, 5.74) is 0. The number of aliphatic hydroxyl groups is 2. The van der Waals surface area contributed by atoms with Gasteiger partial charge in [0.25, 0.3) is 0 Å². The Morgan fingerprint density at radius 3 is 2.15 bits per heavy atom. The van der Waals surface area contributed by atoms with Crippen LogP contribution in [0.3, 0.4) is 0 Å². The Bertz CT molecular complexity index is 463. The van der Waals surface area contributed by atoms with E-state index in [4.69, 9.17) is 9.47 Å². The zero-order valence-corrected chi connectivity index (χ0v) is 17.5. The second-order valence-corrected chi connectivity index (χ2v) is 7.58. The fraction of sp³-hybridized carbons (Fsp3) is 0.739. The molecule has 156 valence electrons. The lowest BCUT2D eigenvalue weighted by atomic mass is 9.97. The molecule has 0 bridgehead atoms. The average Bonchev–Trinajstić information content (AvgIpc) is 2.61. The van der Waals surface area contributed by atoms with Crippen molar-refractivity contribution in [3.8, 4) is 5.75 Å². The largest absolute Gasteiger partial charge is 0.462 e. The molecular formula is C23H40O4. The first-order valence-corrected chi connectivity index (χ1v) is 10.8. The van der Waals surface area contributed by atoms with E-state index >= 15 is 0 Å². The van der Waals surface area contributed by atoms with Gasteiger partial charge in [0.05, 0.1) is 6.10 Å². The van der Waals surface area contributed by atoms with Gasteiger partial charge in [0.15, 0.2) is 6.29 Å². The molecule has 0 fully saturated rings. The molecule has 0 radical (unpaired) electrons. The average molecular weight is 381 g/mol. The van der Waals surface area contributed by atoms with Crippen LogP contribution in [0.2, 0.25) is 0 Å². The summed E-state index contributed by atoms with van der Waals surface area (Å²) >= 11 is 0. The van der Waals surface area contributed by atoms with E-state index in [1.54, 1.807) is 6.92 Å². The summed E-state index contributed by atoms with van der Waals surface area (Å²) in [7, 11) is 0. The number of benzene rings is 1. The van der Waals surface area contributed by atoms with Gasteiger partial charge in [0, 0.05) is 12.8 Å². The molecule has 2 N–H and O–H groups in total. The lowest BCUT2D eigenvalue weighted by Crippen LogP contribution is -2.41. The molecule has 0 aliphatic heterocycles. The van der Waals surface area contributed by atoms with Crippen molar-refractivity contribution in [1.29, 1.82) is 0 Å². The normalized spacial score (nSPS) is 15.9. The van der Waals surface area contributed by atoms with Crippen LogP contribution in [0.15, 0.2) is 30.3 Å². The standard InChI is InChI=1S/C23H40O4/c1-4-6-7-8-9-10-14-18-23(25,27-21-16-12-11-13-17-21)19-22(15-5-2)26-20(3)24/h11-13,16-17,20,22,24-25H,4-10,14-15,18-19H2,1-3H3. The van der Waals surface area contributed by atoms with E-state index in [0.29, 0.717) is 18.6 Å². The summed E-state index contributed by atoms with van der Waals surface area (Å²) in [6.07, 6.45) is 9.89. The maximum absolute atomic E-state index is 11.2. The molecule has 3 atom stereocenters. The van der Waals surface area contributed by atoms with E-state index in [1.807, 2.05) is 30.3 Å². The molecule has 4 nitrogen and oxygen atoms in total. The molecule has 1 aromatic carbocycles. The number of unbranched alkanes of at least 4 members (excludes halogenated alkanes) is 6. The summed E-state index contributed by atoms with van der Waals surface area (Å²) in [6, 6.07) is 9.46. The summed E-state index contributed by atoms with van der Waals surface area (Å²) < 4.78 is 11.6. The highest BCUT2D eigenvalue weighted by Gasteiger charge is 2.33. The highest BCUT2D eigenvalue weighted by atomic mass is 16.6. The quantitative estimate of drug-likeness (QED) is 0.281. The Labute approximate surface area is 165 Å². The van der Waals surface area contributed by atoms with Crippen molar-refractivity contribution >= 4 is 0 Å². The maximum atomic E-state index is 11.2. The number of rotatable bonds is 16. The third-order valence-corrected chi connectivity index (χ3v) is 4.77. The van der Waals surface area contributed by atoms with E-state index in [-0.39, 0.29) is 6.10 Å². The summed E-state index contributed by atoms with van der Waals surface area (Å²) in [5.74, 6) is -0.616. The zero-order valence-electron chi connectivity index (χ0n) is 17.5. The van der Waals surface area contributed by atoms with Gasteiger partial charge < -0.3 is 19.7 Å². The molecule has 0 aliphatic rings. The molecule has 0 aliphatic carbocycles. The fourth-order valence-corrected chi connectivity index (χ4v) is 3.44. The molecule has 0 saturated heterocycles. The molecule has 0 amide bonds. The van der Waals surface area contributed by atoms with Crippen LogP contribution >= 0.6 is 0 Å². The summed E-state index contributed by atoms with van der Waals surface area (Å²) in [6.45, 7) is 5.91. The number of hydrogen-bond acceptors (Lipinski definition) is 4. The first-order chi connectivity index (χ1) is 13.0. The van der Waals surface area contributed by atoms with Gasteiger partial charge in [0.2, 0.25) is 5.79 Å². The minimum atomic E-state index is -1.28. The molecule has 1 rings (SSSR count). The minimum absolute atomic E-state index is 0.228. The first kappa shape index (κ1) is 23.9. The second kappa shape index (κ2) is 14.0. The van der Waals surface area contributed by atoms with Crippen LogP contribution in [0, 0.1) is 0 Å². The van der Waals surface area contributed by atoms with Crippen molar-refractivity contribution in [3.05, 3.63) is 30.3 Å². The number of ether oxygens (including phenoxy) is 2. The van der Waals surface area contributed by atoms with Gasteiger partial charge in [-0.2, -0.15) is 0 Å². The lowest BCUT2D eigenvalue weighted by molar-refractivity contribution is -0.197. The molecular weight excluding hydrogens is 340 g/mol. The fourth-order valence-electron chi connectivity index (χ4n) is 3.44. The lowest BCUT2D eigenvalue weighted by Gasteiger charge is -2.33. The van der Waals surface area contributed by atoms with Crippen LogP contribution in [0.5, 0.6) is 5.75 Å². The van der Waals surface area contributed by atoms with Crippen LogP contribution in [0.25, 0.3) is 0 Å². The van der Waals surface area contributed by atoms with Gasteiger partial charge in [-0.3, -0.25) is 0 Å². The molecule has 0 heterocycles. The van der Waals surface area contributed by atoms with Gasteiger partial charge in [-0.05, 0) is 31.9 Å². The Balaban J connectivity index is 2.64. The van der Waals surface area contributed by atoms with E-state index < -0.39 is 12.1 Å². The Morgan fingerprint density at radius 2 is 1.56 bits per heavy atom. The van der Waals surface area contributed by atoms with E-state index in [1.165, 1.54) is 32.1 Å². The smallest absolute Gasteiger partial charge is 0.210 e. The van der Waals surface area contributed by atoms with Gasteiger partial charge >= 0.3 is 0 Å². The van der Waals surface area contributed by atoms with Crippen molar-refractivity contribution in [3.63, 3.8) is 0 Å². The maximum Gasteiger partial charge on any atom is 0.210 e. The SMILES string of the molecule is CCCCCCCCCC(O)(CC(CCC)OC(C)O)Oc1ccccc1. The Morgan fingerprint density at radius 1 is 0.926 bits per heavy atom. The van der Waals surface area contributed by atoms with Crippen LogP contribution < -0.4 is 4.74 Å². The molecule has 1 aromatic rings. The highest BCUT2D eigenvalue weighted by Crippen LogP contribution is 2.28. The third-order valence-electron chi connectivity index (χ3n) is 4.77. The summed E-state index contributed by atoms with van der Waals surface area (Å²) in [4.78, 5) is 0. The molecule has 27 heavy (non-hydrogen) atoms. The molecule has 0 saturated carbocycles. The van der Waals surface area contributed by atoms with Crippen LogP contribution in [-0.4, -0.2) is 28.4 Å². The number of aliphatic hydroxyl groups excluding tert-OH is 1. The number of hydrogen-bond donors (Lipinski definition) is 2. The van der Waals surface area contributed by atoms with Crippen molar-refractivity contribution < 1.29 is 19.7 Å². The van der Waals surface area contributed by atoms with Crippen molar-refractivity contribution in [1.82, 2.24) is 0 Å². The van der Waals surface area contributed by atoms with Crippen LogP contribution in [0.1, 0.15) is 91.4 Å². The molecule has 0 spiro atoms. The predicted molar refractivity (Wildman–Crippen MR) is 111 cm³/mol. The molecule has 4 heteroatoms. The van der Waals surface area contributed by atoms with Crippen LogP contribution in [0.4, 0.5) is 0 Å². The predicted octanol–water partition coefficient (Wildman–Crippen LogP) is 5.81. The molecule has 3 unspecified atom stereocenters. The van der Waals surface area contributed by atoms with E-state index in [2.05, 4.69) is 13.8 Å². The Kier molecular flexibility index (Phi) is 12.4. The van der Waals surface area contributed by atoms with Gasteiger partial charge in [0.1, 0.15) is 5.75 Å². The monoisotopic (exact) mass is 380 g/mol. The van der Waals surface area contributed by atoms with E-state index in [0.717, 1.165) is 25.7 Å². The van der Waals surface area contributed by atoms with Crippen molar-refractivity contribution in [2.24, 2.45) is 0 Å². The zero-order chi connectivity index (χ0) is 20.0. The summed E-state index contributed by atoms with van der Waals surface area (Å²) in [5, 5.41) is 20.8. The minimum Gasteiger partial charge on any atom is -0.462 e. The van der Waals surface area contributed by atoms with Crippen molar-refractivity contribution in [2.45, 2.75) is 110 Å². The van der Waals surface area contributed by atoms with Gasteiger partial charge in [-0.1, -0.05) is 77.0 Å². The van der Waals surface area contributed by atoms with Gasteiger partial charge in [-0.15, -0.1) is 0 Å². The Hall–Kier alpha value is -1.10. The highest BCUT2D eigenvalue weighted by molar-refractivity contribution is 5.21.